The van der Waals surface area contributed by atoms with E-state index in [2.05, 4.69) is 19.2 Å². The van der Waals surface area contributed by atoms with Crippen molar-refractivity contribution in [3.63, 3.8) is 0 Å². The van der Waals surface area contributed by atoms with E-state index in [1.807, 2.05) is 6.08 Å². The van der Waals surface area contributed by atoms with Gasteiger partial charge in [0.05, 0.1) is 18.8 Å². The summed E-state index contributed by atoms with van der Waals surface area (Å²) in [6, 6.07) is -0.618. The van der Waals surface area contributed by atoms with E-state index in [1.54, 1.807) is 6.08 Å². The van der Waals surface area contributed by atoms with Crippen LogP contribution in [-0.4, -0.2) is 34.9 Å². The SMILES string of the molecule is CCCCCCCCCCCCCCCCCCC/C=C/C(O)C(CO)NC(=O)CCCCCCCCCCCCCCCCCCCCCCCCCCCCCCCCCC. The molecule has 0 aromatic rings. The number of hydrogen-bond acceptors (Lipinski definition) is 3. The van der Waals surface area contributed by atoms with E-state index in [-0.39, 0.29) is 12.5 Å². The number of rotatable bonds is 55. The molecule has 0 saturated carbocycles. The Hall–Kier alpha value is -0.870. The number of aliphatic hydroxyl groups is 2. The Morgan fingerprint density at radius 2 is 0.587 bits per heavy atom. The minimum Gasteiger partial charge on any atom is -0.394 e. The van der Waals surface area contributed by atoms with E-state index in [0.29, 0.717) is 6.42 Å². The van der Waals surface area contributed by atoms with Crippen molar-refractivity contribution in [3.8, 4) is 0 Å². The average molecular weight is 889 g/mol. The minimum atomic E-state index is -0.835. The van der Waals surface area contributed by atoms with Gasteiger partial charge in [-0.15, -0.1) is 0 Å². The lowest BCUT2D eigenvalue weighted by Crippen LogP contribution is -2.45. The predicted octanol–water partition coefficient (Wildman–Crippen LogP) is 19.3. The molecule has 0 spiro atoms. The van der Waals surface area contributed by atoms with E-state index in [9.17, 15) is 15.0 Å². The molecule has 0 bridgehead atoms. The van der Waals surface area contributed by atoms with Crippen molar-refractivity contribution in [1.82, 2.24) is 5.32 Å². The highest BCUT2D eigenvalue weighted by Crippen LogP contribution is 2.18. The summed E-state index contributed by atoms with van der Waals surface area (Å²) in [5.41, 5.74) is 0. The van der Waals surface area contributed by atoms with E-state index < -0.39 is 12.1 Å². The number of unbranched alkanes of at least 4 members (excludes halogenated alkanes) is 48. The zero-order valence-corrected chi connectivity index (χ0v) is 43.4. The number of hydrogen-bond donors (Lipinski definition) is 3. The quantitative estimate of drug-likeness (QED) is 0.0421. The zero-order valence-electron chi connectivity index (χ0n) is 43.4. The van der Waals surface area contributed by atoms with Crippen molar-refractivity contribution in [1.29, 1.82) is 0 Å². The lowest BCUT2D eigenvalue weighted by molar-refractivity contribution is -0.123. The minimum absolute atomic E-state index is 0.0553. The van der Waals surface area contributed by atoms with Crippen LogP contribution in [0.5, 0.6) is 0 Å². The normalized spacial score (nSPS) is 12.8. The first-order valence-corrected chi connectivity index (χ1v) is 29.4. The first-order valence-electron chi connectivity index (χ1n) is 29.4. The highest BCUT2D eigenvalue weighted by molar-refractivity contribution is 5.76. The van der Waals surface area contributed by atoms with Gasteiger partial charge in [-0.1, -0.05) is 328 Å². The van der Waals surface area contributed by atoms with Gasteiger partial charge in [-0.25, -0.2) is 0 Å². The number of nitrogens with one attached hydrogen (secondary N) is 1. The molecular weight excluding hydrogens is 771 g/mol. The first kappa shape index (κ1) is 62.1. The Morgan fingerprint density at radius 3 is 0.825 bits per heavy atom. The number of aliphatic hydroxyl groups excluding tert-OH is 2. The number of allylic oxidation sites excluding steroid dienone is 1. The fourth-order valence-corrected chi connectivity index (χ4v) is 9.54. The van der Waals surface area contributed by atoms with Crippen LogP contribution in [0.15, 0.2) is 12.2 Å². The maximum atomic E-state index is 12.5. The summed E-state index contributed by atoms with van der Waals surface area (Å²) >= 11 is 0. The number of amides is 1. The summed E-state index contributed by atoms with van der Waals surface area (Å²) in [7, 11) is 0. The molecule has 1 amide bonds. The highest BCUT2D eigenvalue weighted by atomic mass is 16.3. The standard InChI is InChI=1S/C59H117NO3/c1-3-5-7-9-11-13-15-17-19-21-23-24-25-26-27-28-29-30-31-32-33-34-35-37-39-41-43-45-47-49-51-53-55-59(63)60-57(56-61)58(62)54-52-50-48-46-44-42-40-38-36-22-20-18-16-14-12-10-8-6-4-2/h52,54,57-58,61-62H,3-51,53,55-56H2,1-2H3,(H,60,63)/b54-52+. The lowest BCUT2D eigenvalue weighted by Gasteiger charge is -2.20. The molecule has 0 aliphatic rings. The molecule has 2 unspecified atom stereocenters. The van der Waals surface area contributed by atoms with Gasteiger partial charge in [-0.3, -0.25) is 4.79 Å². The van der Waals surface area contributed by atoms with Gasteiger partial charge in [-0.2, -0.15) is 0 Å². The summed E-state index contributed by atoms with van der Waals surface area (Å²) in [6.07, 6.45) is 72.5. The maximum Gasteiger partial charge on any atom is 0.220 e. The van der Waals surface area contributed by atoms with Gasteiger partial charge >= 0.3 is 0 Å². The average Bonchev–Trinajstić information content (AvgIpc) is 3.29. The Kier molecular flexibility index (Phi) is 54.7. The van der Waals surface area contributed by atoms with Crippen molar-refractivity contribution in [2.45, 2.75) is 353 Å². The lowest BCUT2D eigenvalue weighted by atomic mass is 10.0. The molecule has 3 N–H and O–H groups in total. The summed E-state index contributed by atoms with van der Waals surface area (Å²) < 4.78 is 0. The third kappa shape index (κ3) is 52.0. The summed E-state index contributed by atoms with van der Waals surface area (Å²) in [5, 5.41) is 23.2. The van der Waals surface area contributed by atoms with Gasteiger partial charge in [0.1, 0.15) is 0 Å². The fraction of sp³-hybridized carbons (Fsp3) is 0.949. The highest BCUT2D eigenvalue weighted by Gasteiger charge is 2.18. The van der Waals surface area contributed by atoms with E-state index in [0.717, 1.165) is 25.7 Å². The molecule has 0 fully saturated rings. The summed E-state index contributed by atoms with van der Waals surface area (Å²) in [6.45, 7) is 4.35. The van der Waals surface area contributed by atoms with Crippen LogP contribution in [0.2, 0.25) is 0 Å². The van der Waals surface area contributed by atoms with Crippen LogP contribution in [0.25, 0.3) is 0 Å². The summed E-state index contributed by atoms with van der Waals surface area (Å²) in [5.74, 6) is -0.0553. The predicted molar refractivity (Wildman–Crippen MR) is 281 cm³/mol. The molecule has 0 aliphatic carbocycles. The second-order valence-electron chi connectivity index (χ2n) is 20.4. The van der Waals surface area contributed by atoms with Crippen molar-refractivity contribution in [2.75, 3.05) is 6.61 Å². The Labute approximate surface area is 397 Å². The maximum absolute atomic E-state index is 12.5. The number of carbonyl (C=O) groups is 1. The second-order valence-corrected chi connectivity index (χ2v) is 20.4. The van der Waals surface area contributed by atoms with Crippen molar-refractivity contribution in [3.05, 3.63) is 12.2 Å². The van der Waals surface area contributed by atoms with Crippen LogP contribution >= 0.6 is 0 Å². The van der Waals surface area contributed by atoms with Gasteiger partial charge in [-0.05, 0) is 19.3 Å². The molecule has 2 atom stereocenters. The van der Waals surface area contributed by atoms with Gasteiger partial charge in [0.15, 0.2) is 0 Å². The van der Waals surface area contributed by atoms with Crippen LogP contribution < -0.4 is 5.32 Å². The molecular formula is C59H117NO3. The molecule has 4 nitrogen and oxygen atoms in total. The Bertz CT molecular complexity index is 875. The molecule has 0 aromatic carbocycles. The molecule has 0 radical (unpaired) electrons. The van der Waals surface area contributed by atoms with Crippen LogP contribution in [0.1, 0.15) is 341 Å². The van der Waals surface area contributed by atoms with Crippen LogP contribution in [-0.2, 0) is 4.79 Å². The first-order chi connectivity index (χ1) is 31.2. The second kappa shape index (κ2) is 55.5. The van der Waals surface area contributed by atoms with Crippen molar-refractivity contribution in [2.24, 2.45) is 0 Å². The van der Waals surface area contributed by atoms with E-state index >= 15 is 0 Å². The zero-order chi connectivity index (χ0) is 45.6. The third-order valence-electron chi connectivity index (χ3n) is 14.0. The van der Waals surface area contributed by atoms with E-state index in [4.69, 9.17) is 0 Å². The molecule has 376 valence electrons. The molecule has 0 saturated heterocycles. The summed E-state index contributed by atoms with van der Waals surface area (Å²) in [4.78, 5) is 12.5. The van der Waals surface area contributed by atoms with Gasteiger partial charge in [0.2, 0.25) is 5.91 Å². The molecule has 4 heteroatoms. The third-order valence-corrected chi connectivity index (χ3v) is 14.0. The fourth-order valence-electron chi connectivity index (χ4n) is 9.54. The van der Waals surface area contributed by atoms with Gasteiger partial charge in [0, 0.05) is 6.42 Å². The molecule has 0 aliphatic heterocycles. The van der Waals surface area contributed by atoms with Crippen LogP contribution in [0.4, 0.5) is 0 Å². The van der Waals surface area contributed by atoms with Crippen molar-refractivity contribution >= 4 is 5.91 Å². The molecule has 0 heterocycles. The number of carbonyl (C=O) groups excluding carboxylic acids is 1. The van der Waals surface area contributed by atoms with Gasteiger partial charge < -0.3 is 15.5 Å². The Morgan fingerprint density at radius 1 is 0.365 bits per heavy atom. The van der Waals surface area contributed by atoms with Crippen molar-refractivity contribution < 1.29 is 15.0 Å². The van der Waals surface area contributed by atoms with E-state index in [1.165, 1.54) is 295 Å². The van der Waals surface area contributed by atoms with Crippen LogP contribution in [0, 0.1) is 0 Å². The Balaban J connectivity index is 3.40. The largest absolute Gasteiger partial charge is 0.394 e. The molecule has 63 heavy (non-hydrogen) atoms. The molecule has 0 rings (SSSR count). The molecule has 0 aromatic heterocycles. The smallest absolute Gasteiger partial charge is 0.220 e. The van der Waals surface area contributed by atoms with Crippen LogP contribution in [0.3, 0.4) is 0 Å². The topological polar surface area (TPSA) is 69.6 Å². The van der Waals surface area contributed by atoms with Gasteiger partial charge in [0.25, 0.3) is 0 Å². The monoisotopic (exact) mass is 888 g/mol.